The van der Waals surface area contributed by atoms with E-state index in [0.29, 0.717) is 31.1 Å². The number of likely N-dealkylation sites (tertiary alicyclic amines) is 2. The molecule has 0 aliphatic carbocycles. The van der Waals surface area contributed by atoms with Crippen molar-refractivity contribution in [3.05, 3.63) is 23.8 Å². The number of amides is 1. The van der Waals surface area contributed by atoms with Gasteiger partial charge in [-0.25, -0.2) is 0 Å². The molecule has 3 saturated heterocycles. The highest BCUT2D eigenvalue weighted by molar-refractivity contribution is 5.77. The van der Waals surface area contributed by atoms with Gasteiger partial charge in [0.15, 0.2) is 11.5 Å². The van der Waals surface area contributed by atoms with E-state index in [1.807, 2.05) is 6.07 Å². The summed E-state index contributed by atoms with van der Waals surface area (Å²) in [6.45, 7) is 9.07. The Kier molecular flexibility index (Phi) is 6.11. The SMILES string of the molecule is O=C1CC[C@@H]2CN(Cc3ccc4c(c3)OCO4)CC[C@@H]2N1CCCN1CCOCC1. The first-order chi connectivity index (χ1) is 14.8. The van der Waals surface area contributed by atoms with Gasteiger partial charge >= 0.3 is 0 Å². The Hall–Kier alpha value is -1.83. The lowest BCUT2D eigenvalue weighted by molar-refractivity contribution is -0.141. The second-order valence-corrected chi connectivity index (χ2v) is 8.97. The number of piperidine rings is 2. The minimum Gasteiger partial charge on any atom is -0.454 e. The summed E-state index contributed by atoms with van der Waals surface area (Å²) in [5.74, 6) is 2.66. The summed E-state index contributed by atoms with van der Waals surface area (Å²) >= 11 is 0. The van der Waals surface area contributed by atoms with Crippen molar-refractivity contribution in [2.75, 3.05) is 59.3 Å². The number of benzene rings is 1. The van der Waals surface area contributed by atoms with Gasteiger partial charge in [-0.15, -0.1) is 0 Å². The Morgan fingerprint density at radius 2 is 1.83 bits per heavy atom. The molecule has 3 fully saturated rings. The number of nitrogens with zero attached hydrogens (tertiary/aromatic N) is 3. The van der Waals surface area contributed by atoms with E-state index in [4.69, 9.17) is 14.2 Å². The van der Waals surface area contributed by atoms with E-state index < -0.39 is 0 Å². The number of rotatable bonds is 6. The van der Waals surface area contributed by atoms with Crippen LogP contribution in [-0.2, 0) is 16.1 Å². The predicted octanol–water partition coefficient (Wildman–Crippen LogP) is 1.95. The van der Waals surface area contributed by atoms with Gasteiger partial charge in [-0.1, -0.05) is 6.07 Å². The second-order valence-electron chi connectivity index (χ2n) is 8.97. The molecule has 4 aliphatic rings. The molecule has 5 rings (SSSR count). The molecule has 7 heteroatoms. The first kappa shape index (κ1) is 20.1. The molecule has 0 radical (unpaired) electrons. The normalized spacial score (nSPS) is 27.3. The molecule has 0 saturated carbocycles. The molecule has 4 heterocycles. The summed E-state index contributed by atoms with van der Waals surface area (Å²) in [5, 5.41) is 0. The van der Waals surface area contributed by atoms with E-state index in [-0.39, 0.29) is 0 Å². The van der Waals surface area contributed by atoms with Crippen LogP contribution in [0.3, 0.4) is 0 Å². The molecule has 0 N–H and O–H groups in total. The number of ether oxygens (including phenoxy) is 3. The van der Waals surface area contributed by atoms with Crippen LogP contribution in [0.1, 0.15) is 31.2 Å². The lowest BCUT2D eigenvalue weighted by Crippen LogP contribution is -2.56. The molecule has 0 bridgehead atoms. The van der Waals surface area contributed by atoms with Crippen molar-refractivity contribution in [2.45, 2.75) is 38.3 Å². The van der Waals surface area contributed by atoms with Crippen LogP contribution in [0.25, 0.3) is 0 Å². The lowest BCUT2D eigenvalue weighted by Gasteiger charge is -2.47. The third-order valence-corrected chi connectivity index (χ3v) is 7.05. The molecule has 1 aromatic carbocycles. The minimum atomic E-state index is 0.321. The molecule has 2 atom stereocenters. The average molecular weight is 416 g/mol. The predicted molar refractivity (Wildman–Crippen MR) is 113 cm³/mol. The minimum absolute atomic E-state index is 0.321. The molecule has 0 aromatic heterocycles. The van der Waals surface area contributed by atoms with Crippen molar-refractivity contribution in [1.82, 2.24) is 14.7 Å². The summed E-state index contributed by atoms with van der Waals surface area (Å²) in [5.41, 5.74) is 1.27. The molecule has 30 heavy (non-hydrogen) atoms. The van der Waals surface area contributed by atoms with Crippen molar-refractivity contribution in [1.29, 1.82) is 0 Å². The third kappa shape index (κ3) is 4.43. The van der Waals surface area contributed by atoms with Gasteiger partial charge in [0.25, 0.3) is 0 Å². The molecule has 164 valence electrons. The van der Waals surface area contributed by atoms with E-state index in [1.165, 1.54) is 5.56 Å². The van der Waals surface area contributed by atoms with Crippen molar-refractivity contribution in [3.63, 3.8) is 0 Å². The Bertz CT molecular complexity index is 752. The van der Waals surface area contributed by atoms with Gasteiger partial charge in [0, 0.05) is 58.3 Å². The number of hydrogen-bond donors (Lipinski definition) is 0. The quantitative estimate of drug-likeness (QED) is 0.708. The third-order valence-electron chi connectivity index (χ3n) is 7.05. The van der Waals surface area contributed by atoms with Crippen LogP contribution in [0.5, 0.6) is 11.5 Å². The lowest BCUT2D eigenvalue weighted by atomic mass is 9.83. The fourth-order valence-corrected chi connectivity index (χ4v) is 5.45. The highest BCUT2D eigenvalue weighted by atomic mass is 16.7. The molecule has 0 unspecified atom stereocenters. The van der Waals surface area contributed by atoms with E-state index in [9.17, 15) is 4.79 Å². The van der Waals surface area contributed by atoms with Crippen LogP contribution in [-0.4, -0.2) is 85.9 Å². The zero-order chi connectivity index (χ0) is 20.3. The molecular weight excluding hydrogens is 382 g/mol. The zero-order valence-electron chi connectivity index (χ0n) is 17.8. The molecule has 4 aliphatic heterocycles. The second kappa shape index (κ2) is 9.12. The van der Waals surface area contributed by atoms with Crippen LogP contribution in [0.2, 0.25) is 0 Å². The Balaban J connectivity index is 1.14. The molecule has 0 spiro atoms. The first-order valence-corrected chi connectivity index (χ1v) is 11.5. The maximum absolute atomic E-state index is 12.7. The van der Waals surface area contributed by atoms with E-state index in [1.54, 1.807) is 0 Å². The largest absolute Gasteiger partial charge is 0.454 e. The zero-order valence-corrected chi connectivity index (χ0v) is 17.8. The fourth-order valence-electron chi connectivity index (χ4n) is 5.45. The van der Waals surface area contributed by atoms with Crippen LogP contribution < -0.4 is 9.47 Å². The summed E-state index contributed by atoms with van der Waals surface area (Å²) in [7, 11) is 0. The molecule has 1 amide bonds. The Labute approximate surface area is 178 Å². The van der Waals surface area contributed by atoms with Crippen LogP contribution in [0.4, 0.5) is 0 Å². The van der Waals surface area contributed by atoms with E-state index >= 15 is 0 Å². The van der Waals surface area contributed by atoms with E-state index in [0.717, 1.165) is 89.8 Å². The summed E-state index contributed by atoms with van der Waals surface area (Å²) in [6, 6.07) is 6.68. The Morgan fingerprint density at radius 3 is 2.73 bits per heavy atom. The van der Waals surface area contributed by atoms with Gasteiger partial charge in [-0.3, -0.25) is 14.6 Å². The Morgan fingerprint density at radius 1 is 0.967 bits per heavy atom. The topological polar surface area (TPSA) is 54.5 Å². The monoisotopic (exact) mass is 415 g/mol. The molecule has 1 aromatic rings. The number of carbonyl (C=O) groups is 1. The highest BCUT2D eigenvalue weighted by Gasteiger charge is 2.39. The smallest absolute Gasteiger partial charge is 0.231 e. The number of fused-ring (bicyclic) bond motifs is 2. The van der Waals surface area contributed by atoms with Gasteiger partial charge in [0.1, 0.15) is 0 Å². The fraction of sp³-hybridized carbons (Fsp3) is 0.696. The number of morpholine rings is 1. The summed E-state index contributed by atoms with van der Waals surface area (Å²) in [6.07, 6.45) is 3.88. The van der Waals surface area contributed by atoms with Crippen molar-refractivity contribution >= 4 is 5.91 Å². The maximum Gasteiger partial charge on any atom is 0.231 e. The van der Waals surface area contributed by atoms with Crippen LogP contribution in [0.15, 0.2) is 18.2 Å². The average Bonchev–Trinajstić information content (AvgIpc) is 3.24. The van der Waals surface area contributed by atoms with Crippen molar-refractivity contribution in [3.8, 4) is 11.5 Å². The van der Waals surface area contributed by atoms with Gasteiger partial charge in [0.2, 0.25) is 12.7 Å². The maximum atomic E-state index is 12.7. The van der Waals surface area contributed by atoms with E-state index in [2.05, 4.69) is 26.8 Å². The van der Waals surface area contributed by atoms with Gasteiger partial charge in [0.05, 0.1) is 13.2 Å². The molecular formula is C23H33N3O4. The van der Waals surface area contributed by atoms with Crippen LogP contribution >= 0.6 is 0 Å². The summed E-state index contributed by atoms with van der Waals surface area (Å²) in [4.78, 5) is 19.9. The van der Waals surface area contributed by atoms with Crippen molar-refractivity contribution in [2.24, 2.45) is 5.92 Å². The number of hydrogen-bond acceptors (Lipinski definition) is 6. The van der Waals surface area contributed by atoms with Gasteiger partial charge < -0.3 is 19.1 Å². The van der Waals surface area contributed by atoms with Crippen LogP contribution in [0, 0.1) is 5.92 Å². The van der Waals surface area contributed by atoms with Gasteiger partial charge in [-0.2, -0.15) is 0 Å². The van der Waals surface area contributed by atoms with Crippen molar-refractivity contribution < 1.29 is 19.0 Å². The standard InChI is InChI=1S/C23H33N3O4/c27-23-5-3-19-16-25(15-18-2-4-21-22(14-18)30-17-29-21)9-6-20(19)26(23)8-1-7-24-10-12-28-13-11-24/h2,4,14,19-20H,1,3,5-13,15-17H2/t19-,20+/m1/s1. The van der Waals surface area contributed by atoms with Gasteiger partial charge in [-0.05, 0) is 42.9 Å². The molecule has 7 nitrogen and oxygen atoms in total. The first-order valence-electron chi connectivity index (χ1n) is 11.5. The number of carbonyl (C=O) groups excluding carboxylic acids is 1. The summed E-state index contributed by atoms with van der Waals surface area (Å²) < 4.78 is 16.4. The highest BCUT2D eigenvalue weighted by Crippen LogP contribution is 2.35.